The topological polar surface area (TPSA) is 97.4 Å². The first-order valence-electron chi connectivity index (χ1n) is 10.3. The van der Waals surface area contributed by atoms with E-state index < -0.39 is 29.7 Å². The zero-order valence-corrected chi connectivity index (χ0v) is 21.4. The molecule has 0 saturated carbocycles. The Bertz CT molecular complexity index is 1110. The molecule has 0 amide bonds. The van der Waals surface area contributed by atoms with Crippen molar-refractivity contribution in [2.45, 2.75) is 12.3 Å². The van der Waals surface area contributed by atoms with Gasteiger partial charge < -0.3 is 23.7 Å². The van der Waals surface area contributed by atoms with Crippen molar-refractivity contribution < 1.29 is 38.1 Å². The van der Waals surface area contributed by atoms with Crippen molar-refractivity contribution >= 4 is 41.1 Å². The van der Waals surface area contributed by atoms with Gasteiger partial charge in [0.25, 0.3) is 0 Å². The van der Waals surface area contributed by atoms with Crippen LogP contribution in [0.15, 0.2) is 42.5 Å². The van der Waals surface area contributed by atoms with Gasteiger partial charge in [-0.3, -0.25) is 4.79 Å². The molecule has 0 bridgehead atoms. The SMILES string of the molecule is COC(=O)C=CCC(C(=O)OC)C(c1ccc(OC)c(Cl)c1)c1cc(Cl)c(OC)c(C(=O)OC)c1. The monoisotopic (exact) mass is 524 g/mol. The van der Waals surface area contributed by atoms with E-state index in [0.717, 1.165) is 0 Å². The Morgan fingerprint density at radius 1 is 0.857 bits per heavy atom. The van der Waals surface area contributed by atoms with Crippen molar-refractivity contribution in [3.8, 4) is 11.5 Å². The first-order chi connectivity index (χ1) is 16.7. The summed E-state index contributed by atoms with van der Waals surface area (Å²) in [7, 11) is 6.61. The summed E-state index contributed by atoms with van der Waals surface area (Å²) in [5.41, 5.74) is 1.20. The molecule has 2 aromatic rings. The van der Waals surface area contributed by atoms with E-state index in [4.69, 9.17) is 42.1 Å². The van der Waals surface area contributed by atoms with Gasteiger partial charge in [-0.1, -0.05) is 35.3 Å². The summed E-state index contributed by atoms with van der Waals surface area (Å²) in [5.74, 6) is -2.75. The van der Waals surface area contributed by atoms with Crippen LogP contribution < -0.4 is 9.47 Å². The molecule has 0 aliphatic carbocycles. The Hall–Kier alpha value is -3.23. The Morgan fingerprint density at radius 3 is 2.09 bits per heavy atom. The number of carbonyl (C=O) groups excluding carboxylic acids is 3. The van der Waals surface area contributed by atoms with Gasteiger partial charge in [-0.15, -0.1) is 0 Å². The first kappa shape index (κ1) is 28.0. The van der Waals surface area contributed by atoms with Crippen LogP contribution in [-0.2, 0) is 23.8 Å². The summed E-state index contributed by atoms with van der Waals surface area (Å²) in [6, 6.07) is 8.19. The molecule has 0 aromatic heterocycles. The van der Waals surface area contributed by atoms with Gasteiger partial charge in [0, 0.05) is 12.0 Å². The molecule has 0 radical (unpaired) electrons. The van der Waals surface area contributed by atoms with E-state index in [1.165, 1.54) is 47.7 Å². The molecule has 0 aliphatic rings. The van der Waals surface area contributed by atoms with E-state index >= 15 is 0 Å². The lowest BCUT2D eigenvalue weighted by Gasteiger charge is -2.27. The van der Waals surface area contributed by atoms with Crippen LogP contribution in [0.5, 0.6) is 11.5 Å². The maximum Gasteiger partial charge on any atom is 0.341 e. The Labute approximate surface area is 213 Å². The normalized spacial score (nSPS) is 12.5. The van der Waals surface area contributed by atoms with Crippen LogP contribution in [0.3, 0.4) is 0 Å². The van der Waals surface area contributed by atoms with E-state index in [2.05, 4.69) is 4.74 Å². The fraction of sp³-hybridized carbons (Fsp3) is 0.320. The molecule has 0 saturated heterocycles. The van der Waals surface area contributed by atoms with E-state index in [9.17, 15) is 14.4 Å². The molecule has 8 nitrogen and oxygen atoms in total. The van der Waals surface area contributed by atoms with Gasteiger partial charge in [0.15, 0.2) is 5.75 Å². The highest BCUT2D eigenvalue weighted by molar-refractivity contribution is 6.33. The predicted molar refractivity (Wildman–Crippen MR) is 130 cm³/mol. The number of hydrogen-bond donors (Lipinski definition) is 0. The fourth-order valence-corrected chi connectivity index (χ4v) is 4.27. The van der Waals surface area contributed by atoms with Gasteiger partial charge in [0.2, 0.25) is 0 Å². The lowest BCUT2D eigenvalue weighted by molar-refractivity contribution is -0.146. The lowest BCUT2D eigenvalue weighted by atomic mass is 9.78. The molecule has 0 spiro atoms. The zero-order valence-electron chi connectivity index (χ0n) is 19.9. The van der Waals surface area contributed by atoms with Gasteiger partial charge in [-0.05, 0) is 41.8 Å². The maximum atomic E-state index is 13.0. The predicted octanol–water partition coefficient (Wildman–Crippen LogP) is 4.84. The van der Waals surface area contributed by atoms with Crippen molar-refractivity contribution in [3.63, 3.8) is 0 Å². The Balaban J connectivity index is 2.78. The maximum absolute atomic E-state index is 13.0. The summed E-state index contributed by atoms with van der Waals surface area (Å²) >= 11 is 12.8. The Kier molecular flexibility index (Phi) is 10.4. The Morgan fingerprint density at radius 2 is 1.54 bits per heavy atom. The quantitative estimate of drug-likeness (QED) is 0.247. The number of carbonyl (C=O) groups is 3. The molecule has 10 heteroatoms. The first-order valence-corrected chi connectivity index (χ1v) is 11.1. The standard InChI is InChI=1S/C25H26Cl2O8/c1-31-20-10-9-14(12-18(20)26)22(16(24(29)34-4)7-6-8-21(28)32-2)15-11-17(25(30)35-5)23(33-3)19(27)13-15/h6,8-13,16,22H,7H2,1-5H3. The number of ether oxygens (including phenoxy) is 5. The van der Waals surface area contributed by atoms with Crippen molar-refractivity contribution in [3.05, 3.63) is 69.2 Å². The third-order valence-electron chi connectivity index (χ3n) is 5.32. The van der Waals surface area contributed by atoms with Crippen molar-refractivity contribution in [1.82, 2.24) is 0 Å². The number of hydrogen-bond acceptors (Lipinski definition) is 8. The molecule has 0 heterocycles. The van der Waals surface area contributed by atoms with Crippen LogP contribution in [-0.4, -0.2) is 53.5 Å². The lowest BCUT2D eigenvalue weighted by Crippen LogP contribution is -2.25. The van der Waals surface area contributed by atoms with Crippen LogP contribution in [0, 0.1) is 5.92 Å². The van der Waals surface area contributed by atoms with Crippen molar-refractivity contribution in [2.75, 3.05) is 35.5 Å². The third-order valence-corrected chi connectivity index (χ3v) is 5.90. The largest absolute Gasteiger partial charge is 0.495 e. The van der Waals surface area contributed by atoms with Crippen LogP contribution >= 0.6 is 23.2 Å². The molecule has 35 heavy (non-hydrogen) atoms. The number of allylic oxidation sites excluding steroid dienone is 1. The second kappa shape index (κ2) is 13.0. The summed E-state index contributed by atoms with van der Waals surface area (Å²) in [5, 5.41) is 0.459. The molecule has 0 fully saturated rings. The summed E-state index contributed by atoms with van der Waals surface area (Å²) in [6.07, 6.45) is 2.83. The summed E-state index contributed by atoms with van der Waals surface area (Å²) in [6.45, 7) is 0. The zero-order chi connectivity index (χ0) is 26.1. The van der Waals surface area contributed by atoms with E-state index in [1.54, 1.807) is 30.3 Å². The molecule has 2 rings (SSSR count). The van der Waals surface area contributed by atoms with Crippen LogP contribution in [0.1, 0.15) is 33.8 Å². The average molecular weight is 525 g/mol. The molecule has 188 valence electrons. The minimum Gasteiger partial charge on any atom is -0.495 e. The summed E-state index contributed by atoms with van der Waals surface area (Å²) < 4.78 is 25.1. The molecular weight excluding hydrogens is 499 g/mol. The molecule has 2 aromatic carbocycles. The van der Waals surface area contributed by atoms with E-state index in [-0.39, 0.29) is 22.8 Å². The third kappa shape index (κ3) is 6.68. The smallest absolute Gasteiger partial charge is 0.341 e. The molecule has 0 N–H and O–H groups in total. The van der Waals surface area contributed by atoms with Crippen LogP contribution in [0.2, 0.25) is 10.0 Å². The molecule has 2 unspecified atom stereocenters. The number of rotatable bonds is 10. The summed E-state index contributed by atoms with van der Waals surface area (Å²) in [4.78, 5) is 37.0. The number of halogens is 2. The highest BCUT2D eigenvalue weighted by atomic mass is 35.5. The van der Waals surface area contributed by atoms with E-state index in [1.807, 2.05) is 0 Å². The van der Waals surface area contributed by atoms with Crippen molar-refractivity contribution in [2.24, 2.45) is 5.92 Å². The highest BCUT2D eigenvalue weighted by Gasteiger charge is 2.33. The second-order valence-electron chi connectivity index (χ2n) is 7.24. The van der Waals surface area contributed by atoms with Gasteiger partial charge >= 0.3 is 17.9 Å². The second-order valence-corrected chi connectivity index (χ2v) is 8.05. The fourth-order valence-electron chi connectivity index (χ4n) is 3.69. The number of esters is 3. The van der Waals surface area contributed by atoms with Crippen LogP contribution in [0.4, 0.5) is 0 Å². The number of methoxy groups -OCH3 is 5. The molecule has 2 atom stereocenters. The molecular formula is C25H26Cl2O8. The van der Waals surface area contributed by atoms with Gasteiger partial charge in [0.05, 0.1) is 51.5 Å². The minimum absolute atomic E-state index is 0.0795. The van der Waals surface area contributed by atoms with Crippen LogP contribution in [0.25, 0.3) is 0 Å². The highest BCUT2D eigenvalue weighted by Crippen LogP contribution is 2.42. The minimum atomic E-state index is -0.833. The molecule has 0 aliphatic heterocycles. The van der Waals surface area contributed by atoms with Gasteiger partial charge in [-0.25, -0.2) is 9.59 Å². The van der Waals surface area contributed by atoms with E-state index in [0.29, 0.717) is 21.9 Å². The van der Waals surface area contributed by atoms with Gasteiger partial charge in [0.1, 0.15) is 11.3 Å². The van der Waals surface area contributed by atoms with Gasteiger partial charge in [-0.2, -0.15) is 0 Å². The number of benzene rings is 2. The average Bonchev–Trinajstić information content (AvgIpc) is 2.86. The van der Waals surface area contributed by atoms with Crippen molar-refractivity contribution in [1.29, 1.82) is 0 Å².